The minimum Gasteiger partial charge on any atom is -0.507 e. The van der Waals surface area contributed by atoms with Crippen molar-refractivity contribution in [1.82, 2.24) is 18.9 Å². The maximum Gasteiger partial charge on any atom is 0.347 e. The zero-order valence-electron chi connectivity index (χ0n) is 25.3. The summed E-state index contributed by atoms with van der Waals surface area (Å²) >= 11 is 0. The molecule has 8 rings (SSSR count). The number of aromatic nitrogens is 3. The van der Waals surface area contributed by atoms with E-state index in [1.165, 1.54) is 16.4 Å². The highest BCUT2D eigenvalue weighted by atomic mass is 16.3. The van der Waals surface area contributed by atoms with Gasteiger partial charge in [-0.3, -0.25) is 15.0 Å². The van der Waals surface area contributed by atoms with Gasteiger partial charge in [0.05, 0.1) is 29.6 Å². The molecule has 1 saturated heterocycles. The minimum absolute atomic E-state index is 0.0965. The van der Waals surface area contributed by atoms with Crippen LogP contribution in [0.3, 0.4) is 0 Å². The average molecular weight is 614 g/mol. The van der Waals surface area contributed by atoms with E-state index >= 15 is 4.79 Å². The molecule has 0 spiro atoms. The number of phenols is 1. The molecule has 4 atom stereocenters. The number of carbonyl (C=O) groups is 2. The van der Waals surface area contributed by atoms with Crippen molar-refractivity contribution in [1.29, 1.82) is 0 Å². The number of nitrogens with one attached hydrogen (secondary N) is 1. The number of aromatic hydroxyl groups is 1. The molecule has 10 heteroatoms. The molecule has 4 aromatic carbocycles. The van der Waals surface area contributed by atoms with E-state index in [1.807, 2.05) is 97.9 Å². The fourth-order valence-corrected chi connectivity index (χ4v) is 8.02. The second-order valence-electron chi connectivity index (χ2n) is 12.4. The number of hydrazine groups is 1. The number of fused-ring (bicyclic) bond motifs is 5. The number of hydrogen-bond donors (Lipinski definition) is 2. The summed E-state index contributed by atoms with van der Waals surface area (Å²) in [5, 5.41) is 13.4. The third-order valence-corrected chi connectivity index (χ3v) is 10.1. The Bertz CT molecular complexity index is 2230. The first-order valence-electron chi connectivity index (χ1n) is 15.3. The average Bonchev–Trinajstić information content (AvgIpc) is 3.43. The lowest BCUT2D eigenvalue weighted by atomic mass is 9.53. The summed E-state index contributed by atoms with van der Waals surface area (Å²) in [5.74, 6) is -2.33. The minimum atomic E-state index is -1.40. The third kappa shape index (κ3) is 3.64. The second-order valence-corrected chi connectivity index (χ2v) is 12.4. The van der Waals surface area contributed by atoms with Crippen molar-refractivity contribution in [2.75, 3.05) is 5.43 Å². The first-order chi connectivity index (χ1) is 22.2. The van der Waals surface area contributed by atoms with Crippen molar-refractivity contribution in [3.05, 3.63) is 140 Å². The number of nitrogens with zero attached hydrogens (tertiary/aromatic N) is 4. The Balaban J connectivity index is 1.44. The molecule has 230 valence electrons. The van der Waals surface area contributed by atoms with Crippen LogP contribution in [0.1, 0.15) is 35.1 Å². The van der Waals surface area contributed by atoms with E-state index in [0.29, 0.717) is 16.6 Å². The van der Waals surface area contributed by atoms with Crippen LogP contribution in [0.15, 0.2) is 112 Å². The van der Waals surface area contributed by atoms with Crippen LogP contribution in [-0.4, -0.2) is 35.9 Å². The SMILES string of the molecule is Cc1ccc(NN2C(=O)[C@@H]3C[C@@H]4C(=CCn5c(=O)n(C)c(=O)n54)[C@H](c4ccc(O)c5ccccc45)[C@]3(c3ccccc3)C2=O)cc1. The quantitative estimate of drug-likeness (QED) is 0.233. The van der Waals surface area contributed by atoms with E-state index < -0.39 is 46.5 Å². The van der Waals surface area contributed by atoms with Crippen molar-refractivity contribution in [2.24, 2.45) is 13.0 Å². The first-order valence-corrected chi connectivity index (χ1v) is 15.3. The molecule has 3 aliphatic rings. The van der Waals surface area contributed by atoms with Crippen molar-refractivity contribution < 1.29 is 14.7 Å². The smallest absolute Gasteiger partial charge is 0.347 e. The molecule has 1 aliphatic carbocycles. The normalized spacial score (nSPS) is 23.6. The summed E-state index contributed by atoms with van der Waals surface area (Å²) in [6.07, 6.45) is 2.07. The number of hydrogen-bond acceptors (Lipinski definition) is 6. The zero-order chi connectivity index (χ0) is 31.9. The Labute approximate surface area is 263 Å². The molecule has 1 aromatic heterocycles. The van der Waals surface area contributed by atoms with Gasteiger partial charge in [0.25, 0.3) is 11.8 Å². The molecule has 10 nitrogen and oxygen atoms in total. The fourth-order valence-electron chi connectivity index (χ4n) is 8.02. The molecule has 5 aromatic rings. The van der Waals surface area contributed by atoms with Crippen molar-refractivity contribution in [3.63, 3.8) is 0 Å². The van der Waals surface area contributed by atoms with E-state index in [9.17, 15) is 19.5 Å². The van der Waals surface area contributed by atoms with Crippen LogP contribution in [-0.2, 0) is 28.6 Å². The molecule has 0 bridgehead atoms. The fraction of sp³-hybridized carbons (Fsp3) is 0.222. The predicted molar refractivity (Wildman–Crippen MR) is 172 cm³/mol. The van der Waals surface area contributed by atoms with Gasteiger partial charge in [0.2, 0.25) is 0 Å². The van der Waals surface area contributed by atoms with Crippen molar-refractivity contribution >= 4 is 28.3 Å². The summed E-state index contributed by atoms with van der Waals surface area (Å²) in [6.45, 7) is 2.10. The van der Waals surface area contributed by atoms with Gasteiger partial charge in [-0.25, -0.2) is 23.5 Å². The molecule has 0 radical (unpaired) electrons. The van der Waals surface area contributed by atoms with Gasteiger partial charge in [-0.05, 0) is 53.6 Å². The Morgan fingerprint density at radius 2 is 1.52 bits per heavy atom. The number of aryl methyl sites for hydroxylation is 1. The van der Waals surface area contributed by atoms with Gasteiger partial charge >= 0.3 is 11.4 Å². The molecule has 2 fully saturated rings. The standard InChI is InChI=1S/C36H31N5O5/c1-21-12-14-23(15-13-21)37-40-32(43)28-20-29-27(18-19-39-34(45)38(2)35(46)41(29)39)31(36(28,33(40)44)22-8-4-3-5-9-22)26-16-17-30(42)25-11-7-6-10-24(25)26/h3-18,28-29,31,37,42H,19-20H2,1-2H3/t28-,29+,31-,36+/m0/s1. The number of imide groups is 1. The molecule has 2 N–H and O–H groups in total. The van der Waals surface area contributed by atoms with E-state index in [4.69, 9.17) is 0 Å². The van der Waals surface area contributed by atoms with Crippen molar-refractivity contribution in [3.8, 4) is 5.75 Å². The number of carbonyl (C=O) groups excluding carboxylic acids is 2. The highest BCUT2D eigenvalue weighted by molar-refractivity contribution is 6.13. The number of anilines is 1. The van der Waals surface area contributed by atoms with Crippen LogP contribution < -0.4 is 16.8 Å². The van der Waals surface area contributed by atoms with Gasteiger partial charge in [-0.15, -0.1) is 0 Å². The molecule has 3 heterocycles. The van der Waals surface area contributed by atoms with Gasteiger partial charge in [-0.1, -0.05) is 84.4 Å². The number of allylic oxidation sites excluding steroid dienone is 2. The summed E-state index contributed by atoms with van der Waals surface area (Å²) in [7, 11) is 1.45. The second kappa shape index (κ2) is 9.93. The Morgan fingerprint density at radius 3 is 2.26 bits per heavy atom. The van der Waals surface area contributed by atoms with Crippen LogP contribution in [0.25, 0.3) is 10.8 Å². The maximum absolute atomic E-state index is 15.2. The van der Waals surface area contributed by atoms with E-state index in [-0.39, 0.29) is 18.7 Å². The number of benzene rings is 4. The van der Waals surface area contributed by atoms with Crippen LogP contribution >= 0.6 is 0 Å². The molecule has 2 amide bonds. The van der Waals surface area contributed by atoms with Gasteiger partial charge in [0.1, 0.15) is 5.75 Å². The van der Waals surface area contributed by atoms with Crippen molar-refractivity contribution in [2.45, 2.75) is 37.3 Å². The van der Waals surface area contributed by atoms with Gasteiger partial charge < -0.3 is 5.11 Å². The van der Waals surface area contributed by atoms with Crippen LogP contribution in [0.2, 0.25) is 0 Å². The third-order valence-electron chi connectivity index (χ3n) is 10.1. The van der Waals surface area contributed by atoms with E-state index in [2.05, 4.69) is 5.43 Å². The predicted octanol–water partition coefficient (Wildman–Crippen LogP) is 4.13. The molecule has 1 saturated carbocycles. The van der Waals surface area contributed by atoms with E-state index in [0.717, 1.165) is 31.7 Å². The molecule has 2 aliphatic heterocycles. The summed E-state index contributed by atoms with van der Waals surface area (Å²) in [4.78, 5) is 56.5. The van der Waals surface area contributed by atoms with E-state index in [1.54, 1.807) is 6.07 Å². The first kappa shape index (κ1) is 27.9. The Hall–Kier alpha value is -5.64. The summed E-state index contributed by atoms with van der Waals surface area (Å²) < 4.78 is 3.94. The van der Waals surface area contributed by atoms with Crippen LogP contribution in [0.4, 0.5) is 5.69 Å². The van der Waals surface area contributed by atoms with Gasteiger partial charge in [0.15, 0.2) is 0 Å². The molecule has 0 unspecified atom stereocenters. The lowest BCUT2D eigenvalue weighted by Crippen LogP contribution is -2.53. The maximum atomic E-state index is 15.2. The van der Waals surface area contributed by atoms with Gasteiger partial charge in [-0.2, -0.15) is 5.01 Å². The number of rotatable bonds is 4. The zero-order valence-corrected chi connectivity index (χ0v) is 25.3. The number of phenolic OH excluding ortho intramolecular Hbond substituents is 1. The van der Waals surface area contributed by atoms with Crippen LogP contribution in [0, 0.1) is 12.8 Å². The molecule has 46 heavy (non-hydrogen) atoms. The molecular formula is C36H31N5O5. The Morgan fingerprint density at radius 1 is 0.826 bits per heavy atom. The van der Waals surface area contributed by atoms with Gasteiger partial charge in [0, 0.05) is 18.4 Å². The number of amides is 2. The lowest BCUT2D eigenvalue weighted by molar-refractivity contribution is -0.138. The highest BCUT2D eigenvalue weighted by Crippen LogP contribution is 2.62. The summed E-state index contributed by atoms with van der Waals surface area (Å²) in [5.41, 5.74) is 4.61. The largest absolute Gasteiger partial charge is 0.507 e. The summed E-state index contributed by atoms with van der Waals surface area (Å²) in [6, 6.07) is 27.0. The topological polar surface area (TPSA) is 119 Å². The Kier molecular flexibility index (Phi) is 6.02. The lowest BCUT2D eigenvalue weighted by Gasteiger charge is -2.49. The highest BCUT2D eigenvalue weighted by Gasteiger charge is 2.69. The molecular weight excluding hydrogens is 582 g/mol. The monoisotopic (exact) mass is 613 g/mol. The van der Waals surface area contributed by atoms with Crippen LogP contribution in [0.5, 0.6) is 5.75 Å².